The number of aryl methyl sites for hydroxylation is 2. The van der Waals surface area contributed by atoms with Gasteiger partial charge in [0.1, 0.15) is 5.69 Å². The number of aromatic nitrogens is 2. The number of hydrogen-bond acceptors (Lipinski definition) is 4. The quantitative estimate of drug-likeness (QED) is 0.891. The molecule has 1 amide bonds. The Hall–Kier alpha value is -1.11. The maximum absolute atomic E-state index is 12.9. The summed E-state index contributed by atoms with van der Waals surface area (Å²) in [6, 6.07) is 0. The van der Waals surface area contributed by atoms with Crippen LogP contribution in [0.15, 0.2) is 0 Å². The second-order valence-corrected chi connectivity index (χ2v) is 7.52. The van der Waals surface area contributed by atoms with Crippen molar-refractivity contribution in [3.8, 4) is 0 Å². The third-order valence-corrected chi connectivity index (χ3v) is 5.84. The smallest absolute Gasteiger partial charge is 0.273 e. The number of carbonyl (C=O) groups excluding carboxylic acids is 1. The zero-order chi connectivity index (χ0) is 17.3. The minimum absolute atomic E-state index is 0.0808. The van der Waals surface area contributed by atoms with Crippen LogP contribution in [0.25, 0.3) is 0 Å². The van der Waals surface area contributed by atoms with E-state index in [1.54, 1.807) is 18.7 Å². The van der Waals surface area contributed by atoms with Crippen molar-refractivity contribution >= 4 is 17.5 Å². The molecule has 0 saturated carbocycles. The zero-order valence-electron chi connectivity index (χ0n) is 14.5. The Balaban J connectivity index is 1.69. The third kappa shape index (κ3) is 3.46. The molecule has 2 saturated heterocycles. The van der Waals surface area contributed by atoms with Crippen molar-refractivity contribution < 1.29 is 9.90 Å². The van der Waals surface area contributed by atoms with E-state index in [1.807, 2.05) is 4.90 Å². The molecule has 3 heterocycles. The predicted molar refractivity (Wildman–Crippen MR) is 93.2 cm³/mol. The standard InChI is InChI=1S/C17H27ClN4O2/c1-12-15(18)16(20(2)19-12)17(24)22-9-13(14(10-22)11-23)8-21-6-4-3-5-7-21/h13-14,23H,3-11H2,1-2H3/t13-,14-/m1/s1. The third-order valence-electron chi connectivity index (χ3n) is 5.39. The van der Waals surface area contributed by atoms with Crippen molar-refractivity contribution in [1.82, 2.24) is 19.6 Å². The summed E-state index contributed by atoms with van der Waals surface area (Å²) in [5, 5.41) is 14.4. The van der Waals surface area contributed by atoms with Gasteiger partial charge in [0.05, 0.1) is 10.7 Å². The number of piperidine rings is 1. The predicted octanol–water partition coefficient (Wildman–Crippen LogP) is 1.55. The van der Waals surface area contributed by atoms with E-state index in [4.69, 9.17) is 11.6 Å². The maximum Gasteiger partial charge on any atom is 0.273 e. The fourth-order valence-electron chi connectivity index (χ4n) is 4.01. The van der Waals surface area contributed by atoms with E-state index in [9.17, 15) is 9.90 Å². The Kier molecular flexibility index (Phi) is 5.47. The van der Waals surface area contributed by atoms with Gasteiger partial charge in [-0.15, -0.1) is 0 Å². The molecule has 7 heteroatoms. The second-order valence-electron chi connectivity index (χ2n) is 7.15. The van der Waals surface area contributed by atoms with Gasteiger partial charge >= 0.3 is 0 Å². The highest BCUT2D eigenvalue weighted by Crippen LogP contribution is 2.28. The van der Waals surface area contributed by atoms with Gasteiger partial charge in [-0.2, -0.15) is 5.10 Å². The van der Waals surface area contributed by atoms with E-state index in [2.05, 4.69) is 10.00 Å². The molecule has 24 heavy (non-hydrogen) atoms. The minimum Gasteiger partial charge on any atom is -0.396 e. The lowest BCUT2D eigenvalue weighted by Gasteiger charge is -2.30. The first-order valence-electron chi connectivity index (χ1n) is 8.82. The van der Waals surface area contributed by atoms with Crippen molar-refractivity contribution in [1.29, 1.82) is 0 Å². The first-order valence-corrected chi connectivity index (χ1v) is 9.20. The number of amides is 1. The van der Waals surface area contributed by atoms with Gasteiger partial charge in [-0.05, 0) is 38.8 Å². The highest BCUT2D eigenvalue weighted by Gasteiger charge is 2.37. The fourth-order valence-corrected chi connectivity index (χ4v) is 4.25. The van der Waals surface area contributed by atoms with Crippen molar-refractivity contribution in [3.05, 3.63) is 16.4 Å². The molecule has 1 N–H and O–H groups in total. The Morgan fingerprint density at radius 2 is 1.92 bits per heavy atom. The number of carbonyl (C=O) groups is 1. The summed E-state index contributed by atoms with van der Waals surface area (Å²) in [6.45, 7) is 6.44. The lowest BCUT2D eigenvalue weighted by molar-refractivity contribution is 0.0768. The molecular weight excluding hydrogens is 328 g/mol. The van der Waals surface area contributed by atoms with E-state index >= 15 is 0 Å². The maximum atomic E-state index is 12.9. The average Bonchev–Trinajstić information content (AvgIpc) is 3.09. The van der Waals surface area contributed by atoms with Crippen LogP contribution >= 0.6 is 11.6 Å². The van der Waals surface area contributed by atoms with E-state index < -0.39 is 0 Å². The number of rotatable bonds is 4. The van der Waals surface area contributed by atoms with Crippen LogP contribution in [0.1, 0.15) is 35.4 Å². The molecule has 0 spiro atoms. The van der Waals surface area contributed by atoms with Crippen LogP contribution in [0.4, 0.5) is 0 Å². The topological polar surface area (TPSA) is 61.6 Å². The van der Waals surface area contributed by atoms with Gasteiger partial charge in [-0.1, -0.05) is 18.0 Å². The highest BCUT2D eigenvalue weighted by atomic mass is 35.5. The minimum atomic E-state index is -0.0808. The van der Waals surface area contributed by atoms with Crippen molar-refractivity contribution in [2.45, 2.75) is 26.2 Å². The zero-order valence-corrected chi connectivity index (χ0v) is 15.3. The summed E-state index contributed by atoms with van der Waals surface area (Å²) in [4.78, 5) is 17.2. The van der Waals surface area contributed by atoms with Crippen molar-refractivity contribution in [2.75, 3.05) is 39.3 Å². The molecule has 134 valence electrons. The number of likely N-dealkylation sites (tertiary alicyclic amines) is 2. The molecule has 1 aromatic heterocycles. The van der Waals surface area contributed by atoms with Gasteiger partial charge in [-0.3, -0.25) is 9.48 Å². The Morgan fingerprint density at radius 1 is 1.25 bits per heavy atom. The van der Waals surface area contributed by atoms with Gasteiger partial charge in [0.2, 0.25) is 0 Å². The molecule has 0 bridgehead atoms. The summed E-state index contributed by atoms with van der Waals surface area (Å²) in [6.07, 6.45) is 3.82. The monoisotopic (exact) mass is 354 g/mol. The summed E-state index contributed by atoms with van der Waals surface area (Å²) < 4.78 is 1.56. The molecule has 0 unspecified atom stereocenters. The van der Waals surface area contributed by atoms with E-state index in [-0.39, 0.29) is 18.4 Å². The van der Waals surface area contributed by atoms with E-state index in [0.717, 1.165) is 19.6 Å². The lowest BCUT2D eigenvalue weighted by atomic mass is 9.95. The normalized spacial score (nSPS) is 25.4. The summed E-state index contributed by atoms with van der Waals surface area (Å²) in [7, 11) is 1.75. The lowest BCUT2D eigenvalue weighted by Crippen LogP contribution is -2.37. The van der Waals surface area contributed by atoms with E-state index in [0.29, 0.717) is 35.4 Å². The number of hydrogen-bond donors (Lipinski definition) is 1. The Labute approximate surface area is 148 Å². The van der Waals surface area contributed by atoms with Crippen molar-refractivity contribution in [2.24, 2.45) is 18.9 Å². The Bertz CT molecular complexity index is 598. The van der Waals surface area contributed by atoms with Crippen LogP contribution in [0.3, 0.4) is 0 Å². The van der Waals surface area contributed by atoms with Crippen molar-refractivity contribution in [3.63, 3.8) is 0 Å². The van der Waals surface area contributed by atoms with Crippen LogP contribution < -0.4 is 0 Å². The second kappa shape index (κ2) is 7.42. The first-order chi connectivity index (χ1) is 11.5. The molecule has 3 rings (SSSR count). The summed E-state index contributed by atoms with van der Waals surface area (Å²) >= 11 is 6.26. The average molecular weight is 355 g/mol. The summed E-state index contributed by atoms with van der Waals surface area (Å²) in [5.41, 5.74) is 1.12. The molecule has 0 aliphatic carbocycles. The summed E-state index contributed by atoms with van der Waals surface area (Å²) in [5.74, 6) is 0.386. The number of nitrogens with zero attached hydrogens (tertiary/aromatic N) is 4. The van der Waals surface area contributed by atoms with Gasteiger partial charge in [-0.25, -0.2) is 0 Å². The molecule has 2 atom stereocenters. The van der Waals surface area contributed by atoms with Gasteiger partial charge in [0.15, 0.2) is 0 Å². The molecule has 2 fully saturated rings. The number of aliphatic hydroxyl groups is 1. The fraction of sp³-hybridized carbons (Fsp3) is 0.765. The largest absolute Gasteiger partial charge is 0.396 e. The van der Waals surface area contributed by atoms with Gasteiger partial charge in [0.25, 0.3) is 5.91 Å². The molecule has 0 radical (unpaired) electrons. The first kappa shape index (κ1) is 17.7. The molecule has 6 nitrogen and oxygen atoms in total. The van der Waals surface area contributed by atoms with Crippen LogP contribution in [-0.2, 0) is 7.05 Å². The molecular formula is C17H27ClN4O2. The molecule has 2 aliphatic heterocycles. The van der Waals surface area contributed by atoms with E-state index in [1.165, 1.54) is 19.3 Å². The highest BCUT2D eigenvalue weighted by molar-refractivity contribution is 6.34. The molecule has 2 aliphatic rings. The van der Waals surface area contributed by atoms with Crippen LogP contribution in [0.5, 0.6) is 0 Å². The van der Waals surface area contributed by atoms with Gasteiger partial charge in [0, 0.05) is 39.2 Å². The Morgan fingerprint density at radius 3 is 2.50 bits per heavy atom. The van der Waals surface area contributed by atoms with Crippen LogP contribution in [0, 0.1) is 18.8 Å². The molecule has 1 aromatic rings. The van der Waals surface area contributed by atoms with Crippen LogP contribution in [0.2, 0.25) is 5.02 Å². The number of halogens is 1. The van der Waals surface area contributed by atoms with Gasteiger partial charge < -0.3 is 14.9 Å². The number of aliphatic hydroxyl groups excluding tert-OH is 1. The SMILES string of the molecule is Cc1nn(C)c(C(=O)N2C[C@@H](CN3CCCCC3)[C@@H](CO)C2)c1Cl. The molecule has 0 aromatic carbocycles. The van der Waals surface area contributed by atoms with Crippen LogP contribution in [-0.4, -0.2) is 69.9 Å².